The summed E-state index contributed by atoms with van der Waals surface area (Å²) < 4.78 is 0. The second-order valence-corrected chi connectivity index (χ2v) is 6.86. The minimum Gasteiger partial charge on any atom is -0.340 e. The Labute approximate surface area is 146 Å². The van der Waals surface area contributed by atoms with Crippen LogP contribution in [0.1, 0.15) is 30.9 Å². The minimum absolute atomic E-state index is 0.167. The van der Waals surface area contributed by atoms with Gasteiger partial charge in [0.1, 0.15) is 12.1 Å². The van der Waals surface area contributed by atoms with Crippen molar-refractivity contribution in [2.75, 3.05) is 13.6 Å². The second kappa shape index (κ2) is 6.20. The maximum absolute atomic E-state index is 12.5. The Balaban J connectivity index is 1.62. The molecule has 1 aromatic carbocycles. The normalized spacial score (nSPS) is 22.5. The lowest BCUT2D eigenvalue weighted by Gasteiger charge is -2.22. The van der Waals surface area contributed by atoms with Crippen molar-refractivity contribution in [1.82, 2.24) is 15.1 Å². The molecule has 1 saturated heterocycles. The molecular formula is C18H20N4O3. The highest BCUT2D eigenvalue weighted by Crippen LogP contribution is 2.42. The van der Waals surface area contributed by atoms with E-state index in [1.54, 1.807) is 38.2 Å². The SMILES string of the molecule is CN(Cc1ccc(C#N)cc1)C(=O)CN1C(=O)NC(C)(C2CC2)C1=O. The zero-order valence-corrected chi connectivity index (χ0v) is 14.3. The second-order valence-electron chi connectivity index (χ2n) is 6.86. The Kier molecular flexibility index (Phi) is 4.21. The van der Waals surface area contributed by atoms with E-state index < -0.39 is 11.6 Å². The molecule has 0 aromatic heterocycles. The Morgan fingerprint density at radius 2 is 2.00 bits per heavy atom. The summed E-state index contributed by atoms with van der Waals surface area (Å²) >= 11 is 0. The van der Waals surface area contributed by atoms with Crippen molar-refractivity contribution < 1.29 is 14.4 Å². The molecule has 25 heavy (non-hydrogen) atoms. The predicted molar refractivity (Wildman–Crippen MR) is 89.0 cm³/mol. The molecule has 1 atom stereocenters. The van der Waals surface area contributed by atoms with Gasteiger partial charge in [-0.15, -0.1) is 0 Å². The first-order valence-electron chi connectivity index (χ1n) is 8.22. The molecule has 1 unspecified atom stereocenters. The molecule has 2 aliphatic rings. The number of hydrogen-bond donors (Lipinski definition) is 1. The number of carbonyl (C=O) groups excluding carboxylic acids is 3. The lowest BCUT2D eigenvalue weighted by Crippen LogP contribution is -2.47. The van der Waals surface area contributed by atoms with Crippen LogP contribution in [-0.4, -0.2) is 46.8 Å². The summed E-state index contributed by atoms with van der Waals surface area (Å²) in [5.74, 6) is -0.464. The van der Waals surface area contributed by atoms with Gasteiger partial charge in [-0.1, -0.05) is 12.1 Å². The Morgan fingerprint density at radius 3 is 2.56 bits per heavy atom. The summed E-state index contributed by atoms with van der Waals surface area (Å²) in [6.45, 7) is 1.81. The third-order valence-electron chi connectivity index (χ3n) is 4.92. The van der Waals surface area contributed by atoms with Crippen LogP contribution in [0.3, 0.4) is 0 Å². The van der Waals surface area contributed by atoms with E-state index in [1.165, 1.54) is 4.90 Å². The molecule has 130 valence electrons. The van der Waals surface area contributed by atoms with Crippen LogP contribution in [0.25, 0.3) is 0 Å². The standard InChI is InChI=1S/C18H20N4O3/c1-18(14-7-8-14)16(24)22(17(25)20-18)11-15(23)21(2)10-13-5-3-12(9-19)4-6-13/h3-6,14H,7-8,10-11H2,1-2H3,(H,20,25). The zero-order chi connectivity index (χ0) is 18.2. The molecule has 7 heteroatoms. The van der Waals surface area contributed by atoms with E-state index in [0.717, 1.165) is 23.3 Å². The average Bonchev–Trinajstić information content (AvgIpc) is 3.41. The van der Waals surface area contributed by atoms with Gasteiger partial charge in [-0.3, -0.25) is 14.5 Å². The third-order valence-corrected chi connectivity index (χ3v) is 4.92. The molecule has 0 spiro atoms. The Morgan fingerprint density at radius 1 is 1.36 bits per heavy atom. The van der Waals surface area contributed by atoms with Crippen molar-refractivity contribution in [3.8, 4) is 6.07 Å². The van der Waals surface area contributed by atoms with E-state index >= 15 is 0 Å². The van der Waals surface area contributed by atoms with Crippen LogP contribution in [-0.2, 0) is 16.1 Å². The van der Waals surface area contributed by atoms with Crippen LogP contribution < -0.4 is 5.32 Å². The van der Waals surface area contributed by atoms with Gasteiger partial charge in [0.25, 0.3) is 5.91 Å². The number of likely N-dealkylation sites (N-methyl/N-ethyl adjacent to an activating group) is 1. The number of nitrogens with zero attached hydrogens (tertiary/aromatic N) is 3. The van der Waals surface area contributed by atoms with Gasteiger partial charge in [0.05, 0.1) is 11.6 Å². The van der Waals surface area contributed by atoms with Crippen molar-refractivity contribution in [3.63, 3.8) is 0 Å². The maximum Gasteiger partial charge on any atom is 0.325 e. The van der Waals surface area contributed by atoms with Crippen LogP contribution in [0.4, 0.5) is 4.79 Å². The molecule has 4 amide bonds. The lowest BCUT2D eigenvalue weighted by atomic mass is 9.96. The van der Waals surface area contributed by atoms with Gasteiger partial charge in [-0.2, -0.15) is 5.26 Å². The van der Waals surface area contributed by atoms with Gasteiger partial charge in [0.15, 0.2) is 0 Å². The number of imide groups is 1. The van der Waals surface area contributed by atoms with E-state index in [0.29, 0.717) is 12.1 Å². The molecule has 7 nitrogen and oxygen atoms in total. The first-order valence-corrected chi connectivity index (χ1v) is 8.22. The average molecular weight is 340 g/mol. The van der Waals surface area contributed by atoms with Crippen molar-refractivity contribution in [3.05, 3.63) is 35.4 Å². The number of benzene rings is 1. The van der Waals surface area contributed by atoms with Crippen LogP contribution in [0.15, 0.2) is 24.3 Å². The molecule has 0 radical (unpaired) electrons. The van der Waals surface area contributed by atoms with Gasteiger partial charge >= 0.3 is 6.03 Å². The Hall–Kier alpha value is -2.88. The van der Waals surface area contributed by atoms with Crippen LogP contribution >= 0.6 is 0 Å². The summed E-state index contributed by atoms with van der Waals surface area (Å²) in [6.07, 6.45) is 1.84. The van der Waals surface area contributed by atoms with Gasteiger partial charge in [0.2, 0.25) is 5.91 Å². The summed E-state index contributed by atoms with van der Waals surface area (Å²) in [7, 11) is 1.62. The highest BCUT2D eigenvalue weighted by molar-refractivity contribution is 6.09. The first kappa shape index (κ1) is 17.0. The smallest absolute Gasteiger partial charge is 0.325 e. The van der Waals surface area contributed by atoms with Crippen LogP contribution in [0.2, 0.25) is 0 Å². The van der Waals surface area contributed by atoms with E-state index in [1.807, 2.05) is 6.07 Å². The van der Waals surface area contributed by atoms with Crippen LogP contribution in [0.5, 0.6) is 0 Å². The number of nitrogens with one attached hydrogen (secondary N) is 1. The maximum atomic E-state index is 12.5. The number of hydrogen-bond acceptors (Lipinski definition) is 4. The largest absolute Gasteiger partial charge is 0.340 e. The van der Waals surface area contributed by atoms with Gasteiger partial charge in [0, 0.05) is 13.6 Å². The molecule has 2 fully saturated rings. The summed E-state index contributed by atoms with van der Waals surface area (Å²) in [4.78, 5) is 39.6. The van der Waals surface area contributed by atoms with E-state index in [4.69, 9.17) is 5.26 Å². The summed E-state index contributed by atoms with van der Waals surface area (Å²) in [5.41, 5.74) is 0.551. The fourth-order valence-electron chi connectivity index (χ4n) is 3.10. The molecule has 1 N–H and O–H groups in total. The minimum atomic E-state index is -0.872. The number of urea groups is 1. The Bertz CT molecular complexity index is 764. The molecule has 0 bridgehead atoms. The summed E-state index contributed by atoms with van der Waals surface area (Å²) in [6, 6.07) is 8.47. The molecule has 3 rings (SSSR count). The van der Waals surface area contributed by atoms with Crippen molar-refractivity contribution in [2.45, 2.75) is 31.8 Å². The monoisotopic (exact) mass is 340 g/mol. The molecule has 1 aliphatic heterocycles. The van der Waals surface area contributed by atoms with Gasteiger partial charge in [-0.05, 0) is 43.4 Å². The predicted octanol–water partition coefficient (Wildman–Crippen LogP) is 1.24. The van der Waals surface area contributed by atoms with E-state index in [-0.39, 0.29) is 24.3 Å². The van der Waals surface area contributed by atoms with Crippen LogP contribution in [0, 0.1) is 17.2 Å². The molecule has 1 heterocycles. The fourth-order valence-corrected chi connectivity index (χ4v) is 3.10. The van der Waals surface area contributed by atoms with Gasteiger partial charge in [-0.25, -0.2) is 4.79 Å². The summed E-state index contributed by atoms with van der Waals surface area (Å²) in [5, 5.41) is 11.5. The quantitative estimate of drug-likeness (QED) is 0.816. The van der Waals surface area contributed by atoms with E-state index in [9.17, 15) is 14.4 Å². The lowest BCUT2D eigenvalue weighted by molar-refractivity contribution is -0.138. The van der Waals surface area contributed by atoms with Gasteiger partial charge < -0.3 is 10.2 Å². The third kappa shape index (κ3) is 3.20. The number of nitriles is 1. The van der Waals surface area contributed by atoms with Crippen molar-refractivity contribution in [1.29, 1.82) is 5.26 Å². The van der Waals surface area contributed by atoms with Crippen molar-refractivity contribution in [2.24, 2.45) is 5.92 Å². The highest BCUT2D eigenvalue weighted by Gasteiger charge is 2.56. The molecule has 1 aromatic rings. The van der Waals surface area contributed by atoms with E-state index in [2.05, 4.69) is 5.32 Å². The first-order chi connectivity index (χ1) is 11.8. The topological polar surface area (TPSA) is 93.5 Å². The highest BCUT2D eigenvalue weighted by atomic mass is 16.2. The number of amides is 4. The zero-order valence-electron chi connectivity index (χ0n) is 14.3. The molecule has 1 aliphatic carbocycles. The number of rotatable bonds is 5. The van der Waals surface area contributed by atoms with Crippen molar-refractivity contribution >= 4 is 17.8 Å². The molecular weight excluding hydrogens is 320 g/mol. The molecule has 1 saturated carbocycles. The number of carbonyl (C=O) groups is 3. The fraction of sp³-hybridized carbons (Fsp3) is 0.444.